The van der Waals surface area contributed by atoms with Crippen molar-refractivity contribution < 1.29 is 0 Å². The molecule has 14 heavy (non-hydrogen) atoms. The number of aromatic nitrogens is 1. The molecule has 0 unspecified atom stereocenters. The first-order chi connectivity index (χ1) is 6.90. The highest BCUT2D eigenvalue weighted by Crippen LogP contribution is 2.14. The van der Waals surface area contributed by atoms with Gasteiger partial charge in [-0.25, -0.2) is 4.98 Å². The van der Waals surface area contributed by atoms with Gasteiger partial charge in [-0.2, -0.15) is 5.26 Å². The second kappa shape index (κ2) is 4.07. The molecule has 4 nitrogen and oxygen atoms in total. The standard InChI is InChI=1S/C10H12N4/c11-8-9-7-10(1-2-13-9)14-5-3-12-4-6-14/h1-2,7,12H,3-6H2. The minimum atomic E-state index is 0.487. The van der Waals surface area contributed by atoms with E-state index in [0.29, 0.717) is 5.69 Å². The van der Waals surface area contributed by atoms with Crippen LogP contribution in [0.15, 0.2) is 18.3 Å². The first-order valence-corrected chi connectivity index (χ1v) is 4.72. The summed E-state index contributed by atoms with van der Waals surface area (Å²) >= 11 is 0. The van der Waals surface area contributed by atoms with Crippen LogP contribution in [0.1, 0.15) is 5.69 Å². The summed E-state index contributed by atoms with van der Waals surface area (Å²) in [5, 5.41) is 12.0. The Balaban J connectivity index is 2.18. The highest BCUT2D eigenvalue weighted by Gasteiger charge is 2.10. The van der Waals surface area contributed by atoms with E-state index in [-0.39, 0.29) is 0 Å². The third kappa shape index (κ3) is 1.83. The van der Waals surface area contributed by atoms with E-state index in [1.165, 1.54) is 0 Å². The summed E-state index contributed by atoms with van der Waals surface area (Å²) in [6, 6.07) is 5.84. The summed E-state index contributed by atoms with van der Waals surface area (Å²) in [6.07, 6.45) is 1.69. The summed E-state index contributed by atoms with van der Waals surface area (Å²) in [5.41, 5.74) is 1.58. The maximum Gasteiger partial charge on any atom is 0.142 e. The number of pyridine rings is 1. The largest absolute Gasteiger partial charge is 0.369 e. The Morgan fingerprint density at radius 3 is 2.93 bits per heavy atom. The summed E-state index contributed by atoms with van der Waals surface area (Å²) < 4.78 is 0. The lowest BCUT2D eigenvalue weighted by Gasteiger charge is -2.29. The third-order valence-corrected chi connectivity index (χ3v) is 2.34. The molecule has 0 radical (unpaired) electrons. The Kier molecular flexibility index (Phi) is 2.61. The Bertz CT molecular complexity index is 349. The van der Waals surface area contributed by atoms with Crippen molar-refractivity contribution in [3.8, 4) is 6.07 Å². The lowest BCUT2D eigenvalue weighted by atomic mass is 10.2. The van der Waals surface area contributed by atoms with Gasteiger partial charge in [-0.05, 0) is 12.1 Å². The topological polar surface area (TPSA) is 52.0 Å². The van der Waals surface area contributed by atoms with Gasteiger partial charge in [0.2, 0.25) is 0 Å². The molecule has 72 valence electrons. The summed E-state index contributed by atoms with van der Waals surface area (Å²) in [5.74, 6) is 0. The maximum absolute atomic E-state index is 8.72. The lowest BCUT2D eigenvalue weighted by molar-refractivity contribution is 0.589. The highest BCUT2D eigenvalue weighted by molar-refractivity contribution is 5.49. The maximum atomic E-state index is 8.72. The Morgan fingerprint density at radius 1 is 1.43 bits per heavy atom. The minimum absolute atomic E-state index is 0.487. The van der Waals surface area contributed by atoms with Gasteiger partial charge in [0.1, 0.15) is 11.8 Å². The van der Waals surface area contributed by atoms with Gasteiger partial charge in [0.25, 0.3) is 0 Å². The van der Waals surface area contributed by atoms with Crippen LogP contribution in [0, 0.1) is 11.3 Å². The zero-order chi connectivity index (χ0) is 9.80. The van der Waals surface area contributed by atoms with Gasteiger partial charge in [0.15, 0.2) is 0 Å². The predicted octanol–water partition coefficient (Wildman–Crippen LogP) is 0.363. The predicted molar refractivity (Wildman–Crippen MR) is 54.0 cm³/mol. The van der Waals surface area contributed by atoms with Gasteiger partial charge in [-0.15, -0.1) is 0 Å². The van der Waals surface area contributed by atoms with Crippen molar-refractivity contribution in [2.45, 2.75) is 0 Å². The molecule has 1 saturated heterocycles. The molecule has 2 rings (SSSR count). The minimum Gasteiger partial charge on any atom is -0.369 e. The van der Waals surface area contributed by atoms with E-state index in [1.807, 2.05) is 12.1 Å². The number of anilines is 1. The van der Waals surface area contributed by atoms with Crippen molar-refractivity contribution in [2.24, 2.45) is 0 Å². The molecule has 0 amide bonds. The Hall–Kier alpha value is -1.60. The second-order valence-electron chi connectivity index (χ2n) is 3.25. The van der Waals surface area contributed by atoms with Crippen LogP contribution >= 0.6 is 0 Å². The number of rotatable bonds is 1. The SMILES string of the molecule is N#Cc1cc(N2CCNCC2)ccn1. The molecule has 2 heterocycles. The fraction of sp³-hybridized carbons (Fsp3) is 0.400. The second-order valence-corrected chi connectivity index (χ2v) is 3.25. The van der Waals surface area contributed by atoms with Crippen molar-refractivity contribution >= 4 is 5.69 Å². The monoisotopic (exact) mass is 188 g/mol. The zero-order valence-corrected chi connectivity index (χ0v) is 7.90. The molecule has 1 aliphatic rings. The number of nitrogens with one attached hydrogen (secondary N) is 1. The number of nitriles is 1. The van der Waals surface area contributed by atoms with Crippen molar-refractivity contribution in [3.05, 3.63) is 24.0 Å². The van der Waals surface area contributed by atoms with Crippen LogP contribution in [0.5, 0.6) is 0 Å². The Labute approximate surface area is 83.2 Å². The fourth-order valence-electron chi connectivity index (χ4n) is 1.60. The summed E-state index contributed by atoms with van der Waals surface area (Å²) in [7, 11) is 0. The first-order valence-electron chi connectivity index (χ1n) is 4.72. The summed E-state index contributed by atoms with van der Waals surface area (Å²) in [6.45, 7) is 4.00. The van der Waals surface area contributed by atoms with Crippen molar-refractivity contribution in [3.63, 3.8) is 0 Å². The summed E-state index contributed by atoms with van der Waals surface area (Å²) in [4.78, 5) is 6.21. The van der Waals surface area contributed by atoms with Gasteiger partial charge >= 0.3 is 0 Å². The van der Waals surface area contributed by atoms with Crippen LogP contribution < -0.4 is 10.2 Å². The number of hydrogen-bond donors (Lipinski definition) is 1. The van der Waals surface area contributed by atoms with Crippen LogP contribution in [-0.4, -0.2) is 31.2 Å². The van der Waals surface area contributed by atoms with Crippen LogP contribution in [0.4, 0.5) is 5.69 Å². The number of hydrogen-bond acceptors (Lipinski definition) is 4. The molecule has 1 aromatic rings. The molecule has 0 aromatic carbocycles. The quantitative estimate of drug-likeness (QED) is 0.691. The van der Waals surface area contributed by atoms with Gasteiger partial charge in [0, 0.05) is 38.1 Å². The van der Waals surface area contributed by atoms with Crippen LogP contribution in [0.2, 0.25) is 0 Å². The normalized spacial score (nSPS) is 16.4. The van der Waals surface area contributed by atoms with Crippen LogP contribution in [0.3, 0.4) is 0 Å². The van der Waals surface area contributed by atoms with E-state index in [1.54, 1.807) is 6.20 Å². The van der Waals surface area contributed by atoms with E-state index >= 15 is 0 Å². The zero-order valence-electron chi connectivity index (χ0n) is 7.90. The molecule has 0 aliphatic carbocycles. The molecule has 1 N–H and O–H groups in total. The average molecular weight is 188 g/mol. The highest BCUT2D eigenvalue weighted by atomic mass is 15.2. The van der Waals surface area contributed by atoms with Crippen LogP contribution in [0.25, 0.3) is 0 Å². The number of nitrogens with zero attached hydrogens (tertiary/aromatic N) is 3. The fourth-order valence-corrected chi connectivity index (χ4v) is 1.60. The Morgan fingerprint density at radius 2 is 2.21 bits per heavy atom. The van der Waals surface area contributed by atoms with Gasteiger partial charge in [0.05, 0.1) is 0 Å². The molecule has 4 heteroatoms. The van der Waals surface area contributed by atoms with Gasteiger partial charge in [-0.3, -0.25) is 0 Å². The molecule has 1 fully saturated rings. The molecule has 0 saturated carbocycles. The molecule has 1 aromatic heterocycles. The molecule has 1 aliphatic heterocycles. The van der Waals surface area contributed by atoms with E-state index in [4.69, 9.17) is 5.26 Å². The number of piperazine rings is 1. The van der Waals surface area contributed by atoms with E-state index in [2.05, 4.69) is 21.3 Å². The van der Waals surface area contributed by atoms with E-state index in [9.17, 15) is 0 Å². The molecular formula is C10H12N4. The van der Waals surface area contributed by atoms with Crippen LogP contribution in [-0.2, 0) is 0 Å². The molecule has 0 bridgehead atoms. The van der Waals surface area contributed by atoms with Crippen molar-refractivity contribution in [2.75, 3.05) is 31.1 Å². The van der Waals surface area contributed by atoms with Crippen molar-refractivity contribution in [1.29, 1.82) is 5.26 Å². The first kappa shape index (κ1) is 8.97. The van der Waals surface area contributed by atoms with Gasteiger partial charge < -0.3 is 10.2 Å². The average Bonchev–Trinajstić information content (AvgIpc) is 2.30. The smallest absolute Gasteiger partial charge is 0.142 e. The van der Waals surface area contributed by atoms with E-state index in [0.717, 1.165) is 31.9 Å². The molecule has 0 spiro atoms. The van der Waals surface area contributed by atoms with Gasteiger partial charge in [-0.1, -0.05) is 0 Å². The molecular weight excluding hydrogens is 176 g/mol. The lowest BCUT2D eigenvalue weighted by Crippen LogP contribution is -2.43. The van der Waals surface area contributed by atoms with Crippen molar-refractivity contribution in [1.82, 2.24) is 10.3 Å². The third-order valence-electron chi connectivity index (χ3n) is 2.34. The van der Waals surface area contributed by atoms with E-state index < -0.39 is 0 Å². The molecule has 0 atom stereocenters.